The number of carbonyl (C=O) groups is 2. The molecule has 7 nitrogen and oxygen atoms in total. The van der Waals surface area contributed by atoms with Gasteiger partial charge in [-0.25, -0.2) is 9.78 Å². The predicted octanol–water partition coefficient (Wildman–Crippen LogP) is 2.64. The molecule has 0 saturated carbocycles. The number of aromatic nitrogens is 2. The lowest BCUT2D eigenvalue weighted by molar-refractivity contribution is -0.127. The van der Waals surface area contributed by atoms with Gasteiger partial charge in [0.2, 0.25) is 5.91 Å². The second-order valence-electron chi connectivity index (χ2n) is 6.51. The number of hydrogen-bond acceptors (Lipinski definition) is 4. The average Bonchev–Trinajstić information content (AvgIpc) is 3.22. The lowest BCUT2D eigenvalue weighted by atomic mass is 9.96. The molecule has 3 rings (SSSR count). The van der Waals surface area contributed by atoms with Gasteiger partial charge in [0.15, 0.2) is 0 Å². The minimum Gasteiger partial charge on any atom is -0.445 e. The van der Waals surface area contributed by atoms with Crippen LogP contribution in [0.15, 0.2) is 42.7 Å². The van der Waals surface area contributed by atoms with Crippen LogP contribution in [0.25, 0.3) is 0 Å². The van der Waals surface area contributed by atoms with Gasteiger partial charge in [-0.2, -0.15) is 0 Å². The van der Waals surface area contributed by atoms with Crippen molar-refractivity contribution in [1.82, 2.24) is 20.2 Å². The molecule has 7 heteroatoms. The SMILES string of the molecule is C[C@@H](NC(=O)C1CCN(C(=O)OCc2ccccc2)CC1)c1ncc[nH]1. The molecule has 2 aromatic rings. The van der Waals surface area contributed by atoms with E-state index in [9.17, 15) is 9.59 Å². The van der Waals surface area contributed by atoms with E-state index >= 15 is 0 Å². The van der Waals surface area contributed by atoms with Gasteiger partial charge < -0.3 is 19.9 Å². The number of nitrogens with one attached hydrogen (secondary N) is 2. The van der Waals surface area contributed by atoms with Crippen LogP contribution >= 0.6 is 0 Å². The van der Waals surface area contributed by atoms with E-state index in [0.29, 0.717) is 25.9 Å². The summed E-state index contributed by atoms with van der Waals surface area (Å²) in [5.74, 6) is 0.650. The number of rotatable bonds is 5. The summed E-state index contributed by atoms with van der Waals surface area (Å²) >= 11 is 0. The van der Waals surface area contributed by atoms with Crippen molar-refractivity contribution in [3.05, 3.63) is 54.1 Å². The number of imidazole rings is 1. The molecule has 2 N–H and O–H groups in total. The Balaban J connectivity index is 1.42. The third-order valence-electron chi connectivity index (χ3n) is 4.62. The molecule has 0 spiro atoms. The first-order valence-electron chi connectivity index (χ1n) is 8.89. The minimum absolute atomic E-state index is 0.00574. The van der Waals surface area contributed by atoms with Crippen LogP contribution in [0.5, 0.6) is 0 Å². The van der Waals surface area contributed by atoms with Crippen molar-refractivity contribution >= 4 is 12.0 Å². The Morgan fingerprint density at radius 1 is 1.31 bits per heavy atom. The van der Waals surface area contributed by atoms with Crippen LogP contribution in [-0.4, -0.2) is 40.0 Å². The summed E-state index contributed by atoms with van der Waals surface area (Å²) in [4.78, 5) is 33.4. The summed E-state index contributed by atoms with van der Waals surface area (Å²) in [5, 5.41) is 2.98. The van der Waals surface area contributed by atoms with E-state index in [1.807, 2.05) is 37.3 Å². The second-order valence-corrected chi connectivity index (χ2v) is 6.51. The summed E-state index contributed by atoms with van der Waals surface area (Å²) in [6.45, 7) is 3.22. The minimum atomic E-state index is -0.323. The maximum Gasteiger partial charge on any atom is 0.410 e. The third-order valence-corrected chi connectivity index (χ3v) is 4.62. The molecular formula is C19H24N4O3. The zero-order valence-electron chi connectivity index (χ0n) is 14.9. The van der Waals surface area contributed by atoms with E-state index in [-0.39, 0.29) is 30.6 Å². The monoisotopic (exact) mass is 356 g/mol. The van der Waals surface area contributed by atoms with Crippen molar-refractivity contribution in [2.45, 2.75) is 32.4 Å². The number of nitrogens with zero attached hydrogens (tertiary/aromatic N) is 2. The van der Waals surface area contributed by atoms with Crippen LogP contribution in [-0.2, 0) is 16.1 Å². The van der Waals surface area contributed by atoms with Gasteiger partial charge in [0, 0.05) is 31.4 Å². The quantitative estimate of drug-likeness (QED) is 0.862. The van der Waals surface area contributed by atoms with Gasteiger partial charge in [-0.15, -0.1) is 0 Å². The van der Waals surface area contributed by atoms with Gasteiger partial charge in [-0.3, -0.25) is 4.79 Å². The molecule has 1 atom stereocenters. The molecule has 26 heavy (non-hydrogen) atoms. The van der Waals surface area contributed by atoms with Crippen LogP contribution in [0.2, 0.25) is 0 Å². The molecule has 2 amide bonds. The van der Waals surface area contributed by atoms with Crippen LogP contribution in [0.4, 0.5) is 4.79 Å². The van der Waals surface area contributed by atoms with Crippen molar-refractivity contribution in [2.24, 2.45) is 5.92 Å². The first kappa shape index (κ1) is 18.0. The zero-order chi connectivity index (χ0) is 18.4. The predicted molar refractivity (Wildman–Crippen MR) is 96.1 cm³/mol. The molecule has 2 heterocycles. The fourth-order valence-corrected chi connectivity index (χ4v) is 3.05. The van der Waals surface area contributed by atoms with Crippen molar-refractivity contribution in [3.8, 4) is 0 Å². The number of hydrogen-bond donors (Lipinski definition) is 2. The lowest BCUT2D eigenvalue weighted by Crippen LogP contribution is -2.43. The van der Waals surface area contributed by atoms with Gasteiger partial charge >= 0.3 is 6.09 Å². The van der Waals surface area contributed by atoms with E-state index in [2.05, 4.69) is 15.3 Å². The number of piperidine rings is 1. The third kappa shape index (κ3) is 4.62. The molecule has 1 aliphatic rings. The van der Waals surface area contributed by atoms with Gasteiger partial charge in [0.1, 0.15) is 12.4 Å². The highest BCUT2D eigenvalue weighted by Crippen LogP contribution is 2.19. The zero-order valence-corrected chi connectivity index (χ0v) is 14.9. The topological polar surface area (TPSA) is 87.3 Å². The van der Waals surface area contributed by atoms with Gasteiger partial charge in [-0.05, 0) is 25.3 Å². The van der Waals surface area contributed by atoms with E-state index in [1.54, 1.807) is 17.3 Å². The fraction of sp³-hybridized carbons (Fsp3) is 0.421. The van der Waals surface area contributed by atoms with Crippen molar-refractivity contribution < 1.29 is 14.3 Å². The van der Waals surface area contributed by atoms with Gasteiger partial charge in [-0.1, -0.05) is 30.3 Å². The second kappa shape index (κ2) is 8.51. The fourth-order valence-electron chi connectivity index (χ4n) is 3.05. The summed E-state index contributed by atoms with van der Waals surface area (Å²) in [6, 6.07) is 9.43. The summed E-state index contributed by atoms with van der Waals surface area (Å²) in [7, 11) is 0. The number of H-pyrrole nitrogens is 1. The van der Waals surface area contributed by atoms with E-state index < -0.39 is 0 Å². The summed E-state index contributed by atoms with van der Waals surface area (Å²) in [5.41, 5.74) is 0.960. The number of carbonyl (C=O) groups excluding carboxylic acids is 2. The molecule has 1 aliphatic heterocycles. The standard InChI is InChI=1S/C19H24N4O3/c1-14(17-20-9-10-21-17)22-18(24)16-7-11-23(12-8-16)19(25)26-13-15-5-3-2-4-6-15/h2-6,9-10,14,16H,7-8,11-13H2,1H3,(H,20,21)(H,22,24)/t14-/m1/s1. The number of aromatic amines is 1. The normalized spacial score (nSPS) is 16.1. The molecule has 0 unspecified atom stereocenters. The number of benzene rings is 1. The maximum atomic E-state index is 12.4. The van der Waals surface area contributed by atoms with Crippen molar-refractivity contribution in [2.75, 3.05) is 13.1 Å². The van der Waals surface area contributed by atoms with Crippen molar-refractivity contribution in [1.29, 1.82) is 0 Å². The number of amides is 2. The maximum absolute atomic E-state index is 12.4. The van der Waals surface area contributed by atoms with Crippen molar-refractivity contribution in [3.63, 3.8) is 0 Å². The van der Waals surface area contributed by atoms with E-state index in [1.165, 1.54) is 0 Å². The highest BCUT2D eigenvalue weighted by atomic mass is 16.6. The smallest absolute Gasteiger partial charge is 0.410 e. The Labute approximate surface area is 152 Å². The number of likely N-dealkylation sites (tertiary alicyclic amines) is 1. The molecule has 138 valence electrons. The van der Waals surface area contributed by atoms with Crippen LogP contribution in [0.3, 0.4) is 0 Å². The molecule has 0 radical (unpaired) electrons. The van der Waals surface area contributed by atoms with Crippen LogP contribution < -0.4 is 5.32 Å². The Kier molecular flexibility index (Phi) is 5.88. The molecule has 1 fully saturated rings. The molecule has 1 saturated heterocycles. The first-order chi connectivity index (χ1) is 12.6. The molecule has 0 aliphatic carbocycles. The highest BCUT2D eigenvalue weighted by molar-refractivity contribution is 5.79. The summed E-state index contributed by atoms with van der Waals surface area (Å²) in [6.07, 6.45) is 4.35. The molecule has 1 aromatic carbocycles. The Morgan fingerprint density at radius 3 is 2.69 bits per heavy atom. The van der Waals surface area contributed by atoms with E-state index in [4.69, 9.17) is 4.74 Å². The van der Waals surface area contributed by atoms with Gasteiger partial charge in [0.05, 0.1) is 6.04 Å². The molecular weight excluding hydrogens is 332 g/mol. The highest BCUT2D eigenvalue weighted by Gasteiger charge is 2.29. The molecule has 1 aromatic heterocycles. The largest absolute Gasteiger partial charge is 0.445 e. The Morgan fingerprint density at radius 2 is 2.04 bits per heavy atom. The van der Waals surface area contributed by atoms with Crippen LogP contribution in [0, 0.1) is 5.92 Å². The summed E-state index contributed by atoms with van der Waals surface area (Å²) < 4.78 is 5.35. The lowest BCUT2D eigenvalue weighted by Gasteiger charge is -2.31. The van der Waals surface area contributed by atoms with E-state index in [0.717, 1.165) is 11.4 Å². The van der Waals surface area contributed by atoms with Gasteiger partial charge in [0.25, 0.3) is 0 Å². The number of ether oxygens (including phenoxy) is 1. The molecule has 0 bridgehead atoms. The Hall–Kier alpha value is -2.83. The Bertz CT molecular complexity index is 710. The van der Waals surface area contributed by atoms with Crippen LogP contribution in [0.1, 0.15) is 37.2 Å². The first-order valence-corrected chi connectivity index (χ1v) is 8.89. The average molecular weight is 356 g/mol.